The molecule has 0 spiro atoms. The number of hydrogen-bond donors (Lipinski definition) is 2. The number of nitrogen functional groups attached to an aromatic ring is 1. The Balaban J connectivity index is 2.85. The van der Waals surface area contributed by atoms with E-state index >= 15 is 0 Å². The molecule has 0 amide bonds. The molecule has 2 nitrogen and oxygen atoms in total. The second-order valence-corrected chi connectivity index (χ2v) is 3.24. The van der Waals surface area contributed by atoms with Gasteiger partial charge >= 0.3 is 6.18 Å². The summed E-state index contributed by atoms with van der Waals surface area (Å²) in [4.78, 5) is 0. The fourth-order valence-electron chi connectivity index (χ4n) is 0.720. The van der Waals surface area contributed by atoms with Gasteiger partial charge < -0.3 is 11.5 Å². The van der Waals surface area contributed by atoms with E-state index in [1.807, 2.05) is 0 Å². The molecule has 0 saturated carbocycles. The molecule has 0 bridgehead atoms. The van der Waals surface area contributed by atoms with Crippen LogP contribution in [0.5, 0.6) is 0 Å². The molecule has 0 aromatic carbocycles. The zero-order valence-corrected chi connectivity index (χ0v) is 6.75. The molecule has 0 aliphatic heterocycles. The number of rotatable bonds is 1. The highest BCUT2D eigenvalue weighted by Crippen LogP contribution is 2.33. The minimum atomic E-state index is -4.40. The monoisotopic (exact) mass is 196 g/mol. The third kappa shape index (κ3) is 1.89. The first-order valence-electron chi connectivity index (χ1n) is 3.07. The summed E-state index contributed by atoms with van der Waals surface area (Å²) >= 11 is 1.05. The third-order valence-corrected chi connectivity index (χ3v) is 2.13. The van der Waals surface area contributed by atoms with E-state index in [4.69, 9.17) is 11.5 Å². The van der Waals surface area contributed by atoms with Crippen molar-refractivity contribution in [3.8, 4) is 0 Å². The third-order valence-electron chi connectivity index (χ3n) is 1.35. The molecule has 0 aliphatic carbocycles. The minimum absolute atomic E-state index is 0.0185. The summed E-state index contributed by atoms with van der Waals surface area (Å²) in [5.41, 5.74) is 10.2. The van der Waals surface area contributed by atoms with Crippen LogP contribution in [0.2, 0.25) is 0 Å². The Hall–Kier alpha value is -0.750. The van der Waals surface area contributed by atoms with Gasteiger partial charge in [-0.2, -0.15) is 13.2 Å². The van der Waals surface area contributed by atoms with E-state index in [2.05, 4.69) is 0 Å². The minimum Gasteiger partial charge on any atom is -0.391 e. The first kappa shape index (κ1) is 9.34. The van der Waals surface area contributed by atoms with E-state index in [-0.39, 0.29) is 5.56 Å². The van der Waals surface area contributed by atoms with Crippen molar-refractivity contribution in [3.63, 3.8) is 0 Å². The summed E-state index contributed by atoms with van der Waals surface area (Å²) in [6, 6.07) is -0.686. The lowest BCUT2D eigenvalue weighted by molar-refractivity contribution is -0.149. The Morgan fingerprint density at radius 2 is 2.00 bits per heavy atom. The van der Waals surface area contributed by atoms with Crippen LogP contribution in [0.4, 0.5) is 18.2 Å². The predicted octanol–water partition coefficient (Wildman–Crippen LogP) is 1.89. The van der Waals surface area contributed by atoms with E-state index in [0.29, 0.717) is 5.00 Å². The number of hydrogen-bond acceptors (Lipinski definition) is 3. The van der Waals surface area contributed by atoms with E-state index in [0.717, 1.165) is 11.3 Å². The van der Waals surface area contributed by atoms with Crippen LogP contribution in [-0.4, -0.2) is 6.18 Å². The molecule has 0 unspecified atom stereocenters. The molecule has 1 heterocycles. The molecule has 6 heteroatoms. The van der Waals surface area contributed by atoms with Crippen molar-refractivity contribution in [2.45, 2.75) is 12.2 Å². The van der Waals surface area contributed by atoms with E-state index in [9.17, 15) is 13.2 Å². The van der Waals surface area contributed by atoms with Crippen LogP contribution in [0, 0.1) is 0 Å². The number of nitrogens with two attached hydrogens (primary N) is 2. The molecule has 0 radical (unpaired) electrons. The van der Waals surface area contributed by atoms with Gasteiger partial charge in [0.2, 0.25) is 0 Å². The van der Waals surface area contributed by atoms with Crippen molar-refractivity contribution in [1.82, 2.24) is 0 Å². The van der Waals surface area contributed by atoms with Gasteiger partial charge in [0.1, 0.15) is 6.04 Å². The fourth-order valence-corrected chi connectivity index (χ4v) is 1.41. The van der Waals surface area contributed by atoms with Crippen LogP contribution < -0.4 is 11.5 Å². The first-order valence-corrected chi connectivity index (χ1v) is 3.95. The summed E-state index contributed by atoms with van der Waals surface area (Å²) in [7, 11) is 0. The highest BCUT2D eigenvalue weighted by molar-refractivity contribution is 7.14. The maximum absolute atomic E-state index is 12.0. The molecular weight excluding hydrogens is 189 g/mol. The maximum Gasteiger partial charge on any atom is 0.407 e. The Labute approximate surface area is 71.0 Å². The lowest BCUT2D eigenvalue weighted by atomic mass is 10.1. The highest BCUT2D eigenvalue weighted by atomic mass is 32.1. The summed E-state index contributed by atoms with van der Waals surface area (Å²) in [6.45, 7) is 0. The van der Waals surface area contributed by atoms with Crippen molar-refractivity contribution in [3.05, 3.63) is 17.0 Å². The zero-order valence-electron chi connectivity index (χ0n) is 5.93. The summed E-state index contributed by atoms with van der Waals surface area (Å²) < 4.78 is 35.9. The van der Waals surface area contributed by atoms with Gasteiger partial charge in [0, 0.05) is 0 Å². The van der Waals surface area contributed by atoms with E-state index < -0.39 is 12.2 Å². The number of anilines is 1. The standard InChI is InChI=1S/C6H7F3N2S/c7-6(8,9)5(11)3-1-4(10)12-2-3/h1-2,5H,10-11H2/t5-/m0/s1. The lowest BCUT2D eigenvalue weighted by Crippen LogP contribution is -2.27. The summed E-state index contributed by atoms with van der Waals surface area (Å²) in [5, 5.41) is 1.65. The Bertz CT molecular complexity index is 268. The van der Waals surface area contributed by atoms with E-state index in [1.54, 1.807) is 0 Å². The topological polar surface area (TPSA) is 52.0 Å². The molecule has 12 heavy (non-hydrogen) atoms. The molecule has 1 rings (SSSR count). The molecule has 0 aliphatic rings. The molecule has 4 N–H and O–H groups in total. The summed E-state index contributed by atoms with van der Waals surface area (Å²) in [5.74, 6) is 0. The summed E-state index contributed by atoms with van der Waals surface area (Å²) in [6.07, 6.45) is -4.40. The van der Waals surface area contributed by atoms with Crippen molar-refractivity contribution in [2.75, 3.05) is 5.73 Å². The molecular formula is C6H7F3N2S. The van der Waals surface area contributed by atoms with Gasteiger partial charge in [0.25, 0.3) is 0 Å². The quantitative estimate of drug-likeness (QED) is 0.720. The van der Waals surface area contributed by atoms with Gasteiger partial charge in [-0.05, 0) is 17.0 Å². The van der Waals surface area contributed by atoms with Gasteiger partial charge in [-0.3, -0.25) is 0 Å². The Kier molecular flexibility index (Phi) is 2.29. The predicted molar refractivity (Wildman–Crippen MR) is 41.7 cm³/mol. The van der Waals surface area contributed by atoms with Crippen LogP contribution in [0.25, 0.3) is 0 Å². The fraction of sp³-hybridized carbons (Fsp3) is 0.333. The second-order valence-electron chi connectivity index (χ2n) is 2.30. The number of halogens is 3. The molecule has 68 valence electrons. The van der Waals surface area contributed by atoms with Crippen LogP contribution in [0.3, 0.4) is 0 Å². The van der Waals surface area contributed by atoms with Gasteiger partial charge in [-0.1, -0.05) is 0 Å². The van der Waals surface area contributed by atoms with Crippen LogP contribution >= 0.6 is 11.3 Å². The Morgan fingerprint density at radius 1 is 1.42 bits per heavy atom. The van der Waals surface area contributed by atoms with Gasteiger partial charge in [-0.25, -0.2) is 0 Å². The smallest absolute Gasteiger partial charge is 0.391 e. The number of thiophene rings is 1. The average Bonchev–Trinajstić information content (AvgIpc) is 2.32. The normalized spacial score (nSPS) is 14.7. The Morgan fingerprint density at radius 3 is 2.33 bits per heavy atom. The van der Waals surface area contributed by atoms with Crippen LogP contribution in [0.15, 0.2) is 11.4 Å². The average molecular weight is 196 g/mol. The van der Waals surface area contributed by atoms with Crippen molar-refractivity contribution >= 4 is 16.3 Å². The second kappa shape index (κ2) is 2.95. The van der Waals surface area contributed by atoms with Crippen LogP contribution in [0.1, 0.15) is 11.6 Å². The zero-order chi connectivity index (χ0) is 9.35. The van der Waals surface area contributed by atoms with Crippen molar-refractivity contribution in [2.24, 2.45) is 5.73 Å². The lowest BCUT2D eigenvalue weighted by Gasteiger charge is -2.13. The largest absolute Gasteiger partial charge is 0.407 e. The van der Waals surface area contributed by atoms with Crippen LogP contribution in [-0.2, 0) is 0 Å². The van der Waals surface area contributed by atoms with Crippen molar-refractivity contribution in [1.29, 1.82) is 0 Å². The molecule has 0 saturated heterocycles. The molecule has 1 aromatic heterocycles. The molecule has 1 atom stereocenters. The van der Waals surface area contributed by atoms with E-state index in [1.165, 1.54) is 11.4 Å². The molecule has 1 aromatic rings. The van der Waals surface area contributed by atoms with Gasteiger partial charge in [0.05, 0.1) is 5.00 Å². The highest BCUT2D eigenvalue weighted by Gasteiger charge is 2.38. The SMILES string of the molecule is Nc1cc([C@H](N)C(F)(F)F)cs1. The number of alkyl halides is 3. The van der Waals surface area contributed by atoms with Crippen molar-refractivity contribution < 1.29 is 13.2 Å². The molecule has 0 fully saturated rings. The van der Waals surface area contributed by atoms with Gasteiger partial charge in [-0.15, -0.1) is 11.3 Å². The first-order chi connectivity index (χ1) is 5.41. The van der Waals surface area contributed by atoms with Gasteiger partial charge in [0.15, 0.2) is 0 Å². The maximum atomic E-state index is 12.0.